The van der Waals surface area contributed by atoms with E-state index in [-0.39, 0.29) is 22.2 Å². The van der Waals surface area contributed by atoms with Crippen molar-refractivity contribution in [3.63, 3.8) is 0 Å². The summed E-state index contributed by atoms with van der Waals surface area (Å²) in [5.74, 6) is 1.26. The van der Waals surface area contributed by atoms with Crippen LogP contribution in [0.15, 0.2) is 54.9 Å². The predicted molar refractivity (Wildman–Crippen MR) is 125 cm³/mol. The third kappa shape index (κ3) is 5.04. The number of amides is 1. The van der Waals surface area contributed by atoms with Crippen LogP contribution in [-0.4, -0.2) is 58.5 Å². The minimum Gasteiger partial charge on any atom is -0.494 e. The largest absolute Gasteiger partial charge is 0.494 e. The fourth-order valence-electron chi connectivity index (χ4n) is 3.67. The Morgan fingerprint density at radius 1 is 1.09 bits per heavy atom. The molecule has 33 heavy (non-hydrogen) atoms. The van der Waals surface area contributed by atoms with E-state index in [2.05, 4.69) is 14.9 Å². The highest BCUT2D eigenvalue weighted by atomic mass is 35.5. The zero-order valence-electron chi connectivity index (χ0n) is 18.0. The predicted octanol–water partition coefficient (Wildman–Crippen LogP) is 4.07. The molecule has 1 fully saturated rings. The van der Waals surface area contributed by atoms with Crippen molar-refractivity contribution in [1.82, 2.24) is 14.9 Å². The molecule has 9 nitrogen and oxygen atoms in total. The van der Waals surface area contributed by atoms with Gasteiger partial charge in [-0.15, -0.1) is 0 Å². The summed E-state index contributed by atoms with van der Waals surface area (Å²) >= 11 is 6.14. The Balaban J connectivity index is 1.44. The van der Waals surface area contributed by atoms with Gasteiger partial charge < -0.3 is 14.5 Å². The van der Waals surface area contributed by atoms with Gasteiger partial charge in [-0.05, 0) is 37.3 Å². The van der Waals surface area contributed by atoms with Crippen LogP contribution >= 0.6 is 11.6 Å². The zero-order chi connectivity index (χ0) is 23.4. The molecule has 0 spiro atoms. The van der Waals surface area contributed by atoms with Gasteiger partial charge in [-0.1, -0.05) is 11.6 Å². The monoisotopic (exact) mass is 467 g/mol. The maximum Gasteiger partial charge on any atom is 0.270 e. The Hall–Kier alpha value is -3.72. The van der Waals surface area contributed by atoms with Crippen LogP contribution < -0.4 is 9.64 Å². The van der Waals surface area contributed by atoms with Gasteiger partial charge in [-0.2, -0.15) is 0 Å². The molecular formula is C23H22ClN5O4. The lowest BCUT2D eigenvalue weighted by Crippen LogP contribution is -2.49. The van der Waals surface area contributed by atoms with Crippen LogP contribution in [0, 0.1) is 10.1 Å². The first kappa shape index (κ1) is 22.5. The lowest BCUT2D eigenvalue weighted by atomic mass is 10.1. The van der Waals surface area contributed by atoms with Crippen molar-refractivity contribution in [3.05, 3.63) is 75.6 Å². The number of carbonyl (C=O) groups is 1. The van der Waals surface area contributed by atoms with Gasteiger partial charge in [0.15, 0.2) is 0 Å². The third-order valence-corrected chi connectivity index (χ3v) is 5.73. The number of ether oxygens (including phenoxy) is 1. The molecule has 4 rings (SSSR count). The van der Waals surface area contributed by atoms with Gasteiger partial charge >= 0.3 is 0 Å². The first-order valence-electron chi connectivity index (χ1n) is 10.5. The van der Waals surface area contributed by atoms with E-state index in [1.807, 2.05) is 37.3 Å². The van der Waals surface area contributed by atoms with Gasteiger partial charge in [0.2, 0.25) is 0 Å². The number of halogens is 1. The second-order valence-corrected chi connectivity index (χ2v) is 7.83. The maximum atomic E-state index is 12.9. The van der Waals surface area contributed by atoms with E-state index in [0.717, 1.165) is 22.8 Å². The highest BCUT2D eigenvalue weighted by Gasteiger charge is 2.26. The average molecular weight is 468 g/mol. The Kier molecular flexibility index (Phi) is 6.69. The molecule has 1 saturated heterocycles. The number of carbonyl (C=O) groups excluding carboxylic acids is 1. The number of nitro benzene ring substituents is 1. The smallest absolute Gasteiger partial charge is 0.270 e. The Bertz CT molecular complexity index is 1160. The van der Waals surface area contributed by atoms with Crippen LogP contribution in [0.25, 0.3) is 11.3 Å². The van der Waals surface area contributed by atoms with E-state index < -0.39 is 4.92 Å². The van der Waals surface area contributed by atoms with E-state index in [4.69, 9.17) is 16.3 Å². The normalized spacial score (nSPS) is 13.6. The molecule has 2 aromatic carbocycles. The lowest BCUT2D eigenvalue weighted by molar-refractivity contribution is -0.384. The summed E-state index contributed by atoms with van der Waals surface area (Å²) in [7, 11) is 0. The van der Waals surface area contributed by atoms with Gasteiger partial charge in [0.1, 0.15) is 17.9 Å². The highest BCUT2D eigenvalue weighted by Crippen LogP contribution is 2.26. The highest BCUT2D eigenvalue weighted by molar-refractivity contribution is 6.33. The van der Waals surface area contributed by atoms with Crippen molar-refractivity contribution < 1.29 is 14.5 Å². The second-order valence-electron chi connectivity index (χ2n) is 7.42. The van der Waals surface area contributed by atoms with Crippen molar-refractivity contribution >= 4 is 29.0 Å². The summed E-state index contributed by atoms with van der Waals surface area (Å²) in [4.78, 5) is 35.9. The van der Waals surface area contributed by atoms with Crippen LogP contribution in [-0.2, 0) is 0 Å². The van der Waals surface area contributed by atoms with Crippen molar-refractivity contribution in [2.24, 2.45) is 0 Å². The van der Waals surface area contributed by atoms with Crippen molar-refractivity contribution in [2.75, 3.05) is 37.7 Å². The van der Waals surface area contributed by atoms with Crippen LogP contribution in [0.1, 0.15) is 17.3 Å². The summed E-state index contributed by atoms with van der Waals surface area (Å²) in [6.07, 6.45) is 1.53. The minimum atomic E-state index is -0.540. The third-order valence-electron chi connectivity index (χ3n) is 5.40. The standard InChI is InChI=1S/C23H22ClN5O4/c1-2-33-18-6-3-16(4-7-18)21-14-22(26-15-25-21)27-9-11-28(12-10-27)23(30)19-13-17(29(31)32)5-8-20(19)24/h3-8,13-15H,2,9-12H2,1H3. The number of anilines is 1. The van der Waals surface area contributed by atoms with E-state index >= 15 is 0 Å². The molecule has 2 heterocycles. The van der Waals surface area contributed by atoms with Crippen LogP contribution in [0.3, 0.4) is 0 Å². The molecule has 0 radical (unpaired) electrons. The van der Waals surface area contributed by atoms with E-state index in [1.54, 1.807) is 4.90 Å². The molecule has 0 saturated carbocycles. The fourth-order valence-corrected chi connectivity index (χ4v) is 3.86. The summed E-state index contributed by atoms with van der Waals surface area (Å²) < 4.78 is 5.49. The number of hydrogen-bond donors (Lipinski definition) is 0. The van der Waals surface area contributed by atoms with Gasteiger partial charge in [-0.3, -0.25) is 14.9 Å². The Morgan fingerprint density at radius 3 is 2.48 bits per heavy atom. The first-order valence-corrected chi connectivity index (χ1v) is 10.9. The molecule has 10 heteroatoms. The second kappa shape index (κ2) is 9.83. The fraction of sp³-hybridized carbons (Fsp3) is 0.261. The number of hydrogen-bond acceptors (Lipinski definition) is 7. The number of aromatic nitrogens is 2. The van der Waals surface area contributed by atoms with Crippen molar-refractivity contribution in [1.29, 1.82) is 0 Å². The van der Waals surface area contributed by atoms with Gasteiger partial charge in [-0.25, -0.2) is 9.97 Å². The molecule has 0 aliphatic carbocycles. The maximum absolute atomic E-state index is 12.9. The molecule has 0 N–H and O–H groups in total. The number of non-ortho nitro benzene ring substituents is 1. The molecule has 0 bridgehead atoms. The Labute approximate surface area is 195 Å². The first-order chi connectivity index (χ1) is 16.0. The van der Waals surface area contributed by atoms with Gasteiger partial charge in [0.25, 0.3) is 11.6 Å². The number of nitrogens with zero attached hydrogens (tertiary/aromatic N) is 5. The van der Waals surface area contributed by atoms with E-state index in [9.17, 15) is 14.9 Å². The number of rotatable bonds is 6. The van der Waals surface area contributed by atoms with Crippen LogP contribution in [0.4, 0.5) is 11.5 Å². The SMILES string of the molecule is CCOc1ccc(-c2cc(N3CCN(C(=O)c4cc([N+](=O)[O-])ccc4Cl)CC3)ncn2)cc1. The van der Waals surface area contributed by atoms with Gasteiger partial charge in [0, 0.05) is 49.9 Å². The molecule has 1 aromatic heterocycles. The molecule has 170 valence electrons. The molecule has 1 aliphatic rings. The van der Waals surface area contributed by atoms with Crippen LogP contribution in [0.5, 0.6) is 5.75 Å². The quantitative estimate of drug-likeness (QED) is 0.397. The minimum absolute atomic E-state index is 0.138. The van der Waals surface area contributed by atoms with Crippen LogP contribution in [0.2, 0.25) is 5.02 Å². The van der Waals surface area contributed by atoms with Crippen molar-refractivity contribution in [3.8, 4) is 17.0 Å². The number of piperazine rings is 1. The van der Waals surface area contributed by atoms with E-state index in [1.165, 1.54) is 24.5 Å². The van der Waals surface area contributed by atoms with E-state index in [0.29, 0.717) is 32.8 Å². The topological polar surface area (TPSA) is 102 Å². The van der Waals surface area contributed by atoms with Crippen molar-refractivity contribution in [2.45, 2.75) is 6.92 Å². The molecule has 0 atom stereocenters. The summed E-state index contributed by atoms with van der Waals surface area (Å²) in [6.45, 7) is 4.57. The number of benzene rings is 2. The molecule has 1 aliphatic heterocycles. The van der Waals surface area contributed by atoms with Gasteiger partial charge in [0.05, 0.1) is 27.8 Å². The molecule has 3 aromatic rings. The molecule has 1 amide bonds. The zero-order valence-corrected chi connectivity index (χ0v) is 18.7. The molecular weight excluding hydrogens is 446 g/mol. The molecule has 0 unspecified atom stereocenters. The summed E-state index contributed by atoms with van der Waals surface area (Å²) in [6, 6.07) is 13.5. The number of nitro groups is 1. The Morgan fingerprint density at radius 2 is 1.82 bits per heavy atom. The summed E-state index contributed by atoms with van der Waals surface area (Å²) in [5, 5.41) is 11.2. The average Bonchev–Trinajstić information content (AvgIpc) is 2.84. The lowest BCUT2D eigenvalue weighted by Gasteiger charge is -2.35. The summed E-state index contributed by atoms with van der Waals surface area (Å²) in [5.41, 5.74) is 1.73.